The monoisotopic (exact) mass is 436 g/mol. The first-order valence-corrected chi connectivity index (χ1v) is 10.6. The maximum Gasteiger partial charge on any atom is 0.281 e. The van der Waals surface area contributed by atoms with Crippen LogP contribution >= 0.6 is 0 Å². The number of rotatable bonds is 7. The number of hydrazone groups is 1. The summed E-state index contributed by atoms with van der Waals surface area (Å²) in [5.74, 6) is -0.728. The number of carbonyl (C=O) groups excluding carboxylic acids is 1. The molecule has 4 aromatic carbocycles. The van der Waals surface area contributed by atoms with Crippen molar-refractivity contribution >= 4 is 11.6 Å². The van der Waals surface area contributed by atoms with Crippen LogP contribution in [0.2, 0.25) is 0 Å². The van der Waals surface area contributed by atoms with Gasteiger partial charge >= 0.3 is 0 Å². The Balaban J connectivity index is 1.73. The SMILES string of the molecule is O=C(NN=C(c1ccccc1)C(O)c1ccccc1)C(O)(c1ccccc1)c1ccccc1. The lowest BCUT2D eigenvalue weighted by molar-refractivity contribution is -0.136. The van der Waals surface area contributed by atoms with E-state index < -0.39 is 17.6 Å². The third kappa shape index (κ3) is 4.75. The molecule has 0 saturated heterocycles. The number of hydrogen-bond acceptors (Lipinski definition) is 4. The summed E-state index contributed by atoms with van der Waals surface area (Å²) >= 11 is 0. The van der Waals surface area contributed by atoms with Gasteiger partial charge in [0.15, 0.2) is 5.60 Å². The summed E-state index contributed by atoms with van der Waals surface area (Å²) in [5.41, 5.74) is 2.91. The zero-order valence-electron chi connectivity index (χ0n) is 17.9. The molecule has 164 valence electrons. The van der Waals surface area contributed by atoms with E-state index in [4.69, 9.17) is 0 Å². The average molecular weight is 437 g/mol. The first-order valence-electron chi connectivity index (χ1n) is 10.6. The summed E-state index contributed by atoms with van der Waals surface area (Å²) in [5, 5.41) is 27.0. The second-order valence-electron chi connectivity index (χ2n) is 7.56. The van der Waals surface area contributed by atoms with E-state index in [9.17, 15) is 15.0 Å². The lowest BCUT2D eigenvalue weighted by Crippen LogP contribution is -2.44. The number of nitrogens with zero attached hydrogens (tertiary/aromatic N) is 1. The molecule has 1 atom stereocenters. The first kappa shape index (κ1) is 22.1. The Kier molecular flexibility index (Phi) is 6.74. The fourth-order valence-corrected chi connectivity index (χ4v) is 3.67. The molecule has 0 aromatic heterocycles. The zero-order chi connectivity index (χ0) is 23.1. The van der Waals surface area contributed by atoms with Crippen molar-refractivity contribution in [1.82, 2.24) is 5.43 Å². The molecule has 0 fully saturated rings. The van der Waals surface area contributed by atoms with E-state index in [1.807, 2.05) is 48.5 Å². The van der Waals surface area contributed by atoms with Crippen molar-refractivity contribution in [3.8, 4) is 0 Å². The van der Waals surface area contributed by atoms with E-state index in [2.05, 4.69) is 10.5 Å². The van der Waals surface area contributed by atoms with Crippen LogP contribution in [0.15, 0.2) is 126 Å². The average Bonchev–Trinajstić information content (AvgIpc) is 2.90. The fourth-order valence-electron chi connectivity index (χ4n) is 3.67. The molecular weight excluding hydrogens is 412 g/mol. The fraction of sp³-hybridized carbons (Fsp3) is 0.0714. The van der Waals surface area contributed by atoms with Gasteiger partial charge < -0.3 is 10.2 Å². The lowest BCUT2D eigenvalue weighted by Gasteiger charge is -2.27. The van der Waals surface area contributed by atoms with Crippen LogP contribution in [0.1, 0.15) is 28.4 Å². The Bertz CT molecular complexity index is 1170. The summed E-state index contributed by atoms with van der Waals surface area (Å²) < 4.78 is 0. The summed E-state index contributed by atoms with van der Waals surface area (Å²) in [6.07, 6.45) is -1.07. The molecule has 4 rings (SSSR count). The van der Waals surface area contributed by atoms with Crippen LogP contribution in [0.25, 0.3) is 0 Å². The Morgan fingerprint density at radius 2 is 1.12 bits per heavy atom. The van der Waals surface area contributed by atoms with Gasteiger partial charge in [0.2, 0.25) is 0 Å². The highest BCUT2D eigenvalue weighted by atomic mass is 16.3. The van der Waals surface area contributed by atoms with Crippen molar-refractivity contribution in [2.24, 2.45) is 5.10 Å². The molecule has 1 amide bonds. The smallest absolute Gasteiger partial charge is 0.281 e. The van der Waals surface area contributed by atoms with E-state index in [-0.39, 0.29) is 5.71 Å². The maximum atomic E-state index is 13.4. The molecule has 0 aliphatic carbocycles. The minimum absolute atomic E-state index is 0.263. The predicted molar refractivity (Wildman–Crippen MR) is 128 cm³/mol. The largest absolute Gasteiger partial charge is 0.382 e. The van der Waals surface area contributed by atoms with Crippen molar-refractivity contribution in [2.45, 2.75) is 11.7 Å². The van der Waals surface area contributed by atoms with Crippen LogP contribution in [0.4, 0.5) is 0 Å². The number of amides is 1. The number of hydrogen-bond donors (Lipinski definition) is 3. The van der Waals surface area contributed by atoms with Gasteiger partial charge in [-0.3, -0.25) is 4.79 Å². The highest BCUT2D eigenvalue weighted by Gasteiger charge is 2.40. The van der Waals surface area contributed by atoms with Crippen LogP contribution in [-0.2, 0) is 10.4 Å². The number of carbonyl (C=O) groups is 1. The molecule has 5 heteroatoms. The minimum atomic E-state index is -1.97. The van der Waals surface area contributed by atoms with Gasteiger partial charge in [0, 0.05) is 5.56 Å². The molecule has 4 aromatic rings. The van der Waals surface area contributed by atoms with E-state index >= 15 is 0 Å². The standard InChI is InChI=1S/C28H24N2O3/c31-26(22-15-7-2-8-16-22)25(21-13-5-1-6-14-21)29-30-27(32)28(33,23-17-9-3-10-18-23)24-19-11-4-12-20-24/h1-20,26,31,33H,(H,30,32). The van der Waals surface area contributed by atoms with Gasteiger partial charge in [0.25, 0.3) is 5.91 Å². The van der Waals surface area contributed by atoms with Crippen LogP contribution in [0.3, 0.4) is 0 Å². The molecule has 5 nitrogen and oxygen atoms in total. The van der Waals surface area contributed by atoms with Crippen molar-refractivity contribution in [3.63, 3.8) is 0 Å². The maximum absolute atomic E-state index is 13.4. The van der Waals surface area contributed by atoms with Crippen LogP contribution in [-0.4, -0.2) is 21.8 Å². The predicted octanol–water partition coefficient (Wildman–Crippen LogP) is 4.18. The van der Waals surface area contributed by atoms with Crippen LogP contribution < -0.4 is 5.43 Å². The van der Waals surface area contributed by atoms with Gasteiger partial charge in [-0.15, -0.1) is 0 Å². The van der Waals surface area contributed by atoms with E-state index in [1.165, 1.54) is 0 Å². The molecule has 0 aliphatic heterocycles. The quantitative estimate of drug-likeness (QED) is 0.300. The van der Waals surface area contributed by atoms with Crippen LogP contribution in [0, 0.1) is 0 Å². The van der Waals surface area contributed by atoms with Crippen molar-refractivity contribution < 1.29 is 15.0 Å². The third-order valence-corrected chi connectivity index (χ3v) is 5.43. The van der Waals surface area contributed by atoms with Gasteiger partial charge in [-0.1, -0.05) is 121 Å². The molecule has 1 unspecified atom stereocenters. The highest BCUT2D eigenvalue weighted by Crippen LogP contribution is 2.30. The van der Waals surface area contributed by atoms with Crippen molar-refractivity contribution in [3.05, 3.63) is 144 Å². The Morgan fingerprint density at radius 3 is 1.61 bits per heavy atom. The summed E-state index contributed by atoms with van der Waals surface area (Å²) in [7, 11) is 0. The molecule has 0 heterocycles. The lowest BCUT2D eigenvalue weighted by atomic mass is 9.85. The Hall–Kier alpha value is -4.06. The topological polar surface area (TPSA) is 81.9 Å². The van der Waals surface area contributed by atoms with Gasteiger partial charge in [-0.2, -0.15) is 5.10 Å². The summed E-state index contributed by atoms with van der Waals surface area (Å²) in [4.78, 5) is 13.4. The molecule has 0 spiro atoms. The molecule has 0 saturated carbocycles. The van der Waals surface area contributed by atoms with Crippen LogP contribution in [0.5, 0.6) is 0 Å². The Morgan fingerprint density at radius 1 is 0.697 bits per heavy atom. The molecule has 3 N–H and O–H groups in total. The second kappa shape index (κ2) is 10.0. The van der Waals surface area contributed by atoms with Crippen molar-refractivity contribution in [2.75, 3.05) is 0 Å². The van der Waals surface area contributed by atoms with E-state index in [0.29, 0.717) is 22.3 Å². The zero-order valence-corrected chi connectivity index (χ0v) is 17.9. The first-order chi connectivity index (χ1) is 16.1. The van der Waals surface area contributed by atoms with Crippen molar-refractivity contribution in [1.29, 1.82) is 0 Å². The van der Waals surface area contributed by atoms with Gasteiger partial charge in [0.05, 0.1) is 0 Å². The van der Waals surface area contributed by atoms with Gasteiger partial charge in [-0.05, 0) is 16.7 Å². The third-order valence-electron chi connectivity index (χ3n) is 5.43. The number of aliphatic hydroxyl groups excluding tert-OH is 1. The number of benzene rings is 4. The summed E-state index contributed by atoms with van der Waals surface area (Å²) in [6, 6.07) is 35.6. The van der Waals surface area contributed by atoms with E-state index in [1.54, 1.807) is 72.8 Å². The normalized spacial score (nSPS) is 12.7. The summed E-state index contributed by atoms with van der Waals surface area (Å²) in [6.45, 7) is 0. The molecular formula is C28H24N2O3. The number of aliphatic hydroxyl groups is 2. The van der Waals surface area contributed by atoms with Gasteiger partial charge in [0.1, 0.15) is 11.8 Å². The molecule has 33 heavy (non-hydrogen) atoms. The molecule has 0 bridgehead atoms. The van der Waals surface area contributed by atoms with Gasteiger partial charge in [-0.25, -0.2) is 5.43 Å². The van der Waals surface area contributed by atoms with E-state index in [0.717, 1.165) is 0 Å². The Labute approximate surface area is 192 Å². The highest BCUT2D eigenvalue weighted by molar-refractivity contribution is 6.05. The molecule has 0 aliphatic rings. The number of nitrogens with one attached hydrogen (secondary N) is 1. The molecule has 0 radical (unpaired) electrons. The minimum Gasteiger partial charge on any atom is -0.382 e. The second-order valence-corrected chi connectivity index (χ2v) is 7.56.